The van der Waals surface area contributed by atoms with Gasteiger partial charge >= 0.3 is 0 Å². The molecule has 3 rings (SSSR count). The number of hydrogen-bond donors (Lipinski definition) is 2. The van der Waals surface area contributed by atoms with Crippen molar-refractivity contribution in [1.82, 2.24) is 14.7 Å². The molecule has 3 heterocycles. The van der Waals surface area contributed by atoms with Gasteiger partial charge in [0.15, 0.2) is 0 Å². The number of nitrogens with one attached hydrogen (secondary N) is 1. The lowest BCUT2D eigenvalue weighted by atomic mass is 10.0. The van der Waals surface area contributed by atoms with E-state index in [0.29, 0.717) is 12.6 Å². The van der Waals surface area contributed by atoms with Gasteiger partial charge in [0.1, 0.15) is 5.82 Å². The van der Waals surface area contributed by atoms with Gasteiger partial charge in [-0.15, -0.1) is 0 Å². The molecule has 0 aliphatic carbocycles. The fraction of sp³-hybridized carbons (Fsp3) is 0.500. The molecule has 96 valence electrons. The molecule has 0 spiro atoms. The van der Waals surface area contributed by atoms with Gasteiger partial charge in [-0.25, -0.2) is 4.98 Å². The fourth-order valence-electron chi connectivity index (χ4n) is 2.70. The van der Waals surface area contributed by atoms with Gasteiger partial charge in [0.25, 0.3) is 0 Å². The molecule has 1 atom stereocenters. The summed E-state index contributed by atoms with van der Waals surface area (Å²) in [4.78, 5) is 4.55. The first-order valence-electron chi connectivity index (χ1n) is 6.75. The summed E-state index contributed by atoms with van der Waals surface area (Å²) in [6.07, 6.45) is 8.93. The van der Waals surface area contributed by atoms with Crippen LogP contribution in [0, 0.1) is 0 Å². The summed E-state index contributed by atoms with van der Waals surface area (Å²) in [5, 5.41) is 3.57. The van der Waals surface area contributed by atoms with Gasteiger partial charge in [-0.05, 0) is 37.1 Å². The summed E-state index contributed by atoms with van der Waals surface area (Å²) in [5.74, 6) is 1.15. The van der Waals surface area contributed by atoms with Gasteiger partial charge in [0.2, 0.25) is 0 Å². The van der Waals surface area contributed by atoms with Crippen molar-refractivity contribution in [1.29, 1.82) is 0 Å². The van der Waals surface area contributed by atoms with Crippen molar-refractivity contribution in [2.24, 2.45) is 5.73 Å². The van der Waals surface area contributed by atoms with E-state index in [0.717, 1.165) is 29.9 Å². The van der Waals surface area contributed by atoms with Crippen LogP contribution in [-0.2, 0) is 13.0 Å². The van der Waals surface area contributed by atoms with E-state index in [1.807, 2.05) is 6.20 Å². The summed E-state index contributed by atoms with van der Waals surface area (Å²) in [7, 11) is 0. The molecule has 1 saturated heterocycles. The van der Waals surface area contributed by atoms with Crippen LogP contribution in [-0.4, -0.2) is 22.0 Å². The number of nitrogens with two attached hydrogens (primary N) is 1. The highest BCUT2D eigenvalue weighted by atomic mass is 15.0. The molecule has 2 aromatic rings. The molecule has 3 N–H and O–H groups in total. The number of aromatic nitrogens is 2. The van der Waals surface area contributed by atoms with Crippen LogP contribution in [0.5, 0.6) is 0 Å². The molecule has 0 amide bonds. The van der Waals surface area contributed by atoms with E-state index < -0.39 is 0 Å². The lowest BCUT2D eigenvalue weighted by Crippen LogP contribution is -2.36. The monoisotopic (exact) mass is 244 g/mol. The van der Waals surface area contributed by atoms with Crippen LogP contribution in [0.25, 0.3) is 5.52 Å². The number of piperidine rings is 1. The molecule has 0 aromatic carbocycles. The maximum Gasteiger partial charge on any atom is 0.114 e. The van der Waals surface area contributed by atoms with E-state index >= 15 is 0 Å². The Kier molecular flexibility index (Phi) is 3.30. The van der Waals surface area contributed by atoms with E-state index in [9.17, 15) is 0 Å². The van der Waals surface area contributed by atoms with Crippen LogP contribution in [0.15, 0.2) is 24.5 Å². The van der Waals surface area contributed by atoms with E-state index in [4.69, 9.17) is 5.73 Å². The Morgan fingerprint density at radius 2 is 2.39 bits per heavy atom. The summed E-state index contributed by atoms with van der Waals surface area (Å²) in [6.45, 7) is 1.73. The molecule has 0 bridgehead atoms. The minimum atomic E-state index is 0.582. The Labute approximate surface area is 107 Å². The zero-order valence-corrected chi connectivity index (χ0v) is 10.6. The predicted octanol–water partition coefficient (Wildman–Crippen LogP) is 1.48. The van der Waals surface area contributed by atoms with E-state index in [2.05, 4.69) is 33.0 Å². The molecule has 1 aliphatic rings. The zero-order valence-electron chi connectivity index (χ0n) is 10.6. The molecule has 0 saturated carbocycles. The molecule has 0 radical (unpaired) electrons. The molecule has 1 unspecified atom stereocenters. The molecule has 4 heteroatoms. The van der Waals surface area contributed by atoms with Crippen molar-refractivity contribution in [3.05, 3.63) is 35.9 Å². The van der Waals surface area contributed by atoms with Crippen LogP contribution in [0.4, 0.5) is 0 Å². The quantitative estimate of drug-likeness (QED) is 0.860. The van der Waals surface area contributed by atoms with E-state index in [1.165, 1.54) is 19.3 Å². The Morgan fingerprint density at radius 3 is 3.17 bits per heavy atom. The lowest BCUT2D eigenvalue weighted by Gasteiger charge is -2.22. The number of imidazole rings is 1. The Morgan fingerprint density at radius 1 is 1.44 bits per heavy atom. The van der Waals surface area contributed by atoms with Gasteiger partial charge < -0.3 is 15.5 Å². The van der Waals surface area contributed by atoms with Crippen LogP contribution < -0.4 is 11.1 Å². The van der Waals surface area contributed by atoms with Crippen LogP contribution in [0.1, 0.15) is 30.7 Å². The van der Waals surface area contributed by atoms with Gasteiger partial charge in [0, 0.05) is 25.2 Å². The van der Waals surface area contributed by atoms with Crippen molar-refractivity contribution >= 4 is 5.52 Å². The minimum absolute atomic E-state index is 0.582. The second kappa shape index (κ2) is 5.08. The molecule has 2 aromatic heterocycles. The highest BCUT2D eigenvalue weighted by Gasteiger charge is 2.15. The number of pyridine rings is 1. The van der Waals surface area contributed by atoms with Gasteiger partial charge in [-0.3, -0.25) is 0 Å². The highest BCUT2D eigenvalue weighted by Crippen LogP contribution is 2.15. The first kappa shape index (κ1) is 11.7. The molecule has 1 fully saturated rings. The molecule has 1 aliphatic heterocycles. The summed E-state index contributed by atoms with van der Waals surface area (Å²) in [6, 6.07) is 4.77. The standard InChI is InChI=1S/C14H20N4/c15-9-11-4-6-18-13(7-11)10-17-14(18)8-12-3-1-2-5-16-12/h4,6-7,10,12,16H,1-3,5,8-9,15H2. The number of rotatable bonds is 3. The van der Waals surface area contributed by atoms with Crippen LogP contribution in [0.3, 0.4) is 0 Å². The minimum Gasteiger partial charge on any atom is -0.326 e. The molecule has 4 nitrogen and oxygen atoms in total. The SMILES string of the molecule is NCc1ccn2c(CC3CCCCN3)ncc2c1. The van der Waals surface area contributed by atoms with Crippen molar-refractivity contribution in [3.8, 4) is 0 Å². The van der Waals surface area contributed by atoms with Crippen LogP contribution in [0.2, 0.25) is 0 Å². The van der Waals surface area contributed by atoms with Gasteiger partial charge in [-0.1, -0.05) is 6.42 Å². The normalized spacial score (nSPS) is 20.4. The summed E-state index contributed by atoms with van der Waals surface area (Å²) in [5.41, 5.74) is 7.96. The van der Waals surface area contributed by atoms with E-state index in [1.54, 1.807) is 0 Å². The fourth-order valence-corrected chi connectivity index (χ4v) is 2.70. The van der Waals surface area contributed by atoms with Crippen molar-refractivity contribution in [3.63, 3.8) is 0 Å². The van der Waals surface area contributed by atoms with Crippen molar-refractivity contribution in [2.75, 3.05) is 6.54 Å². The van der Waals surface area contributed by atoms with Crippen molar-refractivity contribution < 1.29 is 0 Å². The largest absolute Gasteiger partial charge is 0.326 e. The molecular weight excluding hydrogens is 224 g/mol. The summed E-state index contributed by atoms with van der Waals surface area (Å²) < 4.78 is 2.18. The molecule has 18 heavy (non-hydrogen) atoms. The predicted molar refractivity (Wildman–Crippen MR) is 72.4 cm³/mol. The first-order chi connectivity index (χ1) is 8.86. The van der Waals surface area contributed by atoms with Gasteiger partial charge in [0.05, 0.1) is 11.7 Å². The first-order valence-corrected chi connectivity index (χ1v) is 6.75. The Balaban J connectivity index is 1.83. The van der Waals surface area contributed by atoms with E-state index in [-0.39, 0.29) is 0 Å². The average molecular weight is 244 g/mol. The van der Waals surface area contributed by atoms with Crippen molar-refractivity contribution in [2.45, 2.75) is 38.3 Å². The Hall–Kier alpha value is -1.39. The molecular formula is C14H20N4. The second-order valence-corrected chi connectivity index (χ2v) is 5.06. The topological polar surface area (TPSA) is 55.4 Å². The van der Waals surface area contributed by atoms with Crippen LogP contribution >= 0.6 is 0 Å². The maximum absolute atomic E-state index is 5.66. The number of fused-ring (bicyclic) bond motifs is 1. The zero-order chi connectivity index (χ0) is 12.4. The lowest BCUT2D eigenvalue weighted by molar-refractivity contribution is 0.394. The summed E-state index contributed by atoms with van der Waals surface area (Å²) >= 11 is 0. The Bertz CT molecular complexity index is 526. The number of nitrogens with zero attached hydrogens (tertiary/aromatic N) is 2. The average Bonchev–Trinajstić information content (AvgIpc) is 2.82. The van der Waals surface area contributed by atoms with Gasteiger partial charge in [-0.2, -0.15) is 0 Å². The number of hydrogen-bond acceptors (Lipinski definition) is 3. The third kappa shape index (κ3) is 2.26. The third-order valence-electron chi connectivity index (χ3n) is 3.75. The smallest absolute Gasteiger partial charge is 0.114 e. The third-order valence-corrected chi connectivity index (χ3v) is 3.75. The maximum atomic E-state index is 5.66. The second-order valence-electron chi connectivity index (χ2n) is 5.06. The highest BCUT2D eigenvalue weighted by molar-refractivity contribution is 5.48.